The van der Waals surface area contributed by atoms with Crippen molar-refractivity contribution in [3.8, 4) is 0 Å². The largest absolute Gasteiger partial charge is 0.349 e. The highest BCUT2D eigenvalue weighted by atomic mass is 79.9. The van der Waals surface area contributed by atoms with Gasteiger partial charge in [0.25, 0.3) is 0 Å². The van der Waals surface area contributed by atoms with Crippen LogP contribution in [0.4, 0.5) is 0 Å². The Balaban J connectivity index is 1.57. The number of nitrogens with one attached hydrogen (secondary N) is 1. The highest BCUT2D eigenvalue weighted by Crippen LogP contribution is 2.50. The fourth-order valence-electron chi connectivity index (χ4n) is 3.35. The lowest BCUT2D eigenvalue weighted by molar-refractivity contribution is -0.123. The summed E-state index contributed by atoms with van der Waals surface area (Å²) in [6, 6.07) is 8.42. The first kappa shape index (κ1) is 15.1. The Morgan fingerprint density at radius 3 is 2.24 bits per heavy atom. The lowest BCUT2D eigenvalue weighted by Crippen LogP contribution is -2.30. The first-order valence-corrected chi connectivity index (χ1v) is 9.01. The second-order valence-corrected chi connectivity index (χ2v) is 7.54. The van der Waals surface area contributed by atoms with Crippen LogP contribution >= 0.6 is 15.9 Å². The van der Waals surface area contributed by atoms with E-state index in [0.717, 1.165) is 29.2 Å². The topological polar surface area (TPSA) is 29.1 Å². The number of rotatable bonds is 7. The van der Waals surface area contributed by atoms with E-state index in [0.29, 0.717) is 5.92 Å². The third-order valence-electron chi connectivity index (χ3n) is 4.89. The molecule has 0 bridgehead atoms. The maximum Gasteiger partial charge on any atom is 0.220 e. The van der Waals surface area contributed by atoms with E-state index in [4.69, 9.17) is 0 Å². The minimum Gasteiger partial charge on any atom is -0.349 e. The zero-order valence-electron chi connectivity index (χ0n) is 12.6. The van der Waals surface area contributed by atoms with Gasteiger partial charge in [0, 0.05) is 10.9 Å². The third kappa shape index (κ3) is 4.09. The molecule has 2 aliphatic rings. The summed E-state index contributed by atoms with van der Waals surface area (Å²) in [4.78, 5) is 12.4. The summed E-state index contributed by atoms with van der Waals surface area (Å²) in [5, 5.41) is 3.24. The molecule has 0 saturated heterocycles. The second-order valence-electron chi connectivity index (χ2n) is 6.62. The Morgan fingerprint density at radius 1 is 1.19 bits per heavy atom. The number of carbonyl (C=O) groups is 1. The van der Waals surface area contributed by atoms with Crippen molar-refractivity contribution in [1.29, 1.82) is 0 Å². The van der Waals surface area contributed by atoms with Crippen molar-refractivity contribution in [2.24, 2.45) is 17.8 Å². The van der Waals surface area contributed by atoms with Crippen molar-refractivity contribution >= 4 is 21.8 Å². The SMILES string of the molecule is CCC(NC(=O)CC(C1CC1)C1CC1)c1ccc(Br)cc1. The lowest BCUT2D eigenvalue weighted by atomic mass is 9.93. The second kappa shape index (κ2) is 6.51. The van der Waals surface area contributed by atoms with E-state index < -0.39 is 0 Å². The van der Waals surface area contributed by atoms with Gasteiger partial charge in [0.1, 0.15) is 0 Å². The van der Waals surface area contributed by atoms with E-state index in [1.165, 1.54) is 31.2 Å². The van der Waals surface area contributed by atoms with Crippen LogP contribution < -0.4 is 5.32 Å². The standard InChI is InChI=1S/C18H24BrNO/c1-2-17(14-7-9-15(19)10-8-14)20-18(21)11-16(12-3-4-12)13-5-6-13/h7-10,12-13,16-17H,2-6,11H2,1H3,(H,20,21). The van der Waals surface area contributed by atoms with Gasteiger partial charge in [0.2, 0.25) is 5.91 Å². The first-order chi connectivity index (χ1) is 10.2. The number of carbonyl (C=O) groups excluding carboxylic acids is 1. The van der Waals surface area contributed by atoms with Crippen molar-refractivity contribution in [3.63, 3.8) is 0 Å². The Morgan fingerprint density at radius 2 is 1.76 bits per heavy atom. The quantitative estimate of drug-likeness (QED) is 0.749. The summed E-state index contributed by atoms with van der Waals surface area (Å²) < 4.78 is 1.08. The maximum absolute atomic E-state index is 12.4. The molecule has 1 aromatic rings. The van der Waals surface area contributed by atoms with E-state index in [-0.39, 0.29) is 11.9 Å². The van der Waals surface area contributed by atoms with Crippen LogP contribution in [0.1, 0.15) is 57.1 Å². The number of benzene rings is 1. The van der Waals surface area contributed by atoms with Crippen LogP contribution in [0, 0.1) is 17.8 Å². The molecule has 0 radical (unpaired) electrons. The summed E-state index contributed by atoms with van der Waals surface area (Å²) in [6.45, 7) is 2.13. The molecule has 1 unspecified atom stereocenters. The Labute approximate surface area is 135 Å². The average Bonchev–Trinajstić information content (AvgIpc) is 3.37. The summed E-state index contributed by atoms with van der Waals surface area (Å²) in [5.74, 6) is 2.59. The predicted octanol–water partition coefficient (Wildman–Crippen LogP) is 4.84. The molecule has 0 heterocycles. The minimum atomic E-state index is 0.143. The summed E-state index contributed by atoms with van der Waals surface area (Å²) in [7, 11) is 0. The van der Waals surface area contributed by atoms with Crippen LogP contribution in [0.2, 0.25) is 0 Å². The van der Waals surface area contributed by atoms with E-state index in [2.05, 4.69) is 40.3 Å². The van der Waals surface area contributed by atoms with Crippen molar-refractivity contribution in [3.05, 3.63) is 34.3 Å². The van der Waals surface area contributed by atoms with Gasteiger partial charge in [0.15, 0.2) is 0 Å². The van der Waals surface area contributed by atoms with Crippen LogP contribution in [0.15, 0.2) is 28.7 Å². The van der Waals surface area contributed by atoms with Gasteiger partial charge < -0.3 is 5.32 Å². The van der Waals surface area contributed by atoms with Gasteiger partial charge in [0.05, 0.1) is 6.04 Å². The summed E-state index contributed by atoms with van der Waals surface area (Å²) in [5.41, 5.74) is 1.20. The molecular formula is C18H24BrNO. The summed E-state index contributed by atoms with van der Waals surface area (Å²) >= 11 is 3.46. The molecule has 1 amide bonds. The van der Waals surface area contributed by atoms with Gasteiger partial charge in [-0.3, -0.25) is 4.79 Å². The van der Waals surface area contributed by atoms with Crippen LogP contribution in [0.25, 0.3) is 0 Å². The van der Waals surface area contributed by atoms with Gasteiger partial charge >= 0.3 is 0 Å². The maximum atomic E-state index is 12.4. The lowest BCUT2D eigenvalue weighted by Gasteiger charge is -2.20. The summed E-state index contributed by atoms with van der Waals surface area (Å²) in [6.07, 6.45) is 7.06. The Hall–Kier alpha value is -0.830. The van der Waals surface area contributed by atoms with E-state index >= 15 is 0 Å². The van der Waals surface area contributed by atoms with Gasteiger partial charge in [-0.1, -0.05) is 35.0 Å². The highest BCUT2D eigenvalue weighted by Gasteiger charge is 2.42. The molecule has 3 heteroatoms. The molecule has 1 aromatic carbocycles. The van der Waals surface area contributed by atoms with E-state index in [1.54, 1.807) is 0 Å². The Kier molecular flexibility index (Phi) is 4.68. The predicted molar refractivity (Wildman–Crippen MR) is 88.9 cm³/mol. The van der Waals surface area contributed by atoms with Crippen molar-refractivity contribution in [1.82, 2.24) is 5.32 Å². The fraction of sp³-hybridized carbons (Fsp3) is 0.611. The molecule has 114 valence electrons. The molecule has 1 atom stereocenters. The third-order valence-corrected chi connectivity index (χ3v) is 5.42. The van der Waals surface area contributed by atoms with Crippen molar-refractivity contribution in [2.75, 3.05) is 0 Å². The van der Waals surface area contributed by atoms with Gasteiger partial charge in [-0.2, -0.15) is 0 Å². The highest BCUT2D eigenvalue weighted by molar-refractivity contribution is 9.10. The molecule has 2 saturated carbocycles. The van der Waals surface area contributed by atoms with Gasteiger partial charge in [-0.25, -0.2) is 0 Å². The molecule has 3 rings (SSSR count). The molecule has 0 aliphatic heterocycles. The number of halogens is 1. The zero-order chi connectivity index (χ0) is 14.8. The monoisotopic (exact) mass is 349 g/mol. The van der Waals surface area contributed by atoms with Crippen LogP contribution in [-0.2, 0) is 4.79 Å². The number of hydrogen-bond donors (Lipinski definition) is 1. The molecule has 2 nitrogen and oxygen atoms in total. The van der Waals surface area contributed by atoms with Crippen LogP contribution in [0.3, 0.4) is 0 Å². The van der Waals surface area contributed by atoms with Crippen molar-refractivity contribution < 1.29 is 4.79 Å². The van der Waals surface area contributed by atoms with Gasteiger partial charge in [-0.15, -0.1) is 0 Å². The fourth-order valence-corrected chi connectivity index (χ4v) is 3.61. The zero-order valence-corrected chi connectivity index (χ0v) is 14.2. The molecule has 2 aliphatic carbocycles. The van der Waals surface area contributed by atoms with E-state index in [1.807, 2.05) is 12.1 Å². The average molecular weight is 350 g/mol. The Bertz CT molecular complexity index is 478. The minimum absolute atomic E-state index is 0.143. The van der Waals surface area contributed by atoms with Crippen LogP contribution in [0.5, 0.6) is 0 Å². The molecule has 1 N–H and O–H groups in total. The molecular weight excluding hydrogens is 326 g/mol. The molecule has 2 fully saturated rings. The van der Waals surface area contributed by atoms with Crippen LogP contribution in [-0.4, -0.2) is 5.91 Å². The first-order valence-electron chi connectivity index (χ1n) is 8.22. The van der Waals surface area contributed by atoms with Gasteiger partial charge in [-0.05, 0) is 67.6 Å². The van der Waals surface area contributed by atoms with Crippen molar-refractivity contribution in [2.45, 2.75) is 51.5 Å². The van der Waals surface area contributed by atoms with E-state index in [9.17, 15) is 4.79 Å². The molecule has 0 aromatic heterocycles. The molecule has 21 heavy (non-hydrogen) atoms. The normalized spacial score (nSPS) is 19.6. The number of hydrogen-bond acceptors (Lipinski definition) is 1. The smallest absolute Gasteiger partial charge is 0.220 e. The molecule has 0 spiro atoms. The number of amides is 1.